The Morgan fingerprint density at radius 3 is 2.28 bits per heavy atom. The number of amides is 2. The highest BCUT2D eigenvalue weighted by molar-refractivity contribution is 7.90. The third kappa shape index (κ3) is 2.91. The summed E-state index contributed by atoms with van der Waals surface area (Å²) in [7, 11) is -3.99. The second-order valence-electron chi connectivity index (χ2n) is 6.13. The molecule has 130 valence electrons. The summed E-state index contributed by atoms with van der Waals surface area (Å²) in [4.78, 5) is 24.7. The number of carbonyl (C=O) groups is 2. The van der Waals surface area contributed by atoms with Gasteiger partial charge in [0.25, 0.3) is 15.9 Å². The number of anilines is 1. The lowest BCUT2D eigenvalue weighted by atomic mass is 10.1. The quantitative estimate of drug-likeness (QED) is 0.913. The summed E-state index contributed by atoms with van der Waals surface area (Å²) in [5.41, 5.74) is 3.56. The molecule has 0 fully saturated rings. The van der Waals surface area contributed by atoms with Gasteiger partial charge in [0.15, 0.2) is 0 Å². The van der Waals surface area contributed by atoms with Crippen LogP contribution in [0.3, 0.4) is 0 Å². The van der Waals surface area contributed by atoms with E-state index in [1.807, 2.05) is 32.9 Å². The summed E-state index contributed by atoms with van der Waals surface area (Å²) in [6.07, 6.45) is 0. The Kier molecular flexibility index (Phi) is 4.12. The van der Waals surface area contributed by atoms with Crippen LogP contribution in [0.5, 0.6) is 0 Å². The van der Waals surface area contributed by atoms with Gasteiger partial charge in [-0.15, -0.1) is 0 Å². The largest absolute Gasteiger partial charge is 0.324 e. The van der Waals surface area contributed by atoms with E-state index in [0.29, 0.717) is 9.99 Å². The third-order valence-electron chi connectivity index (χ3n) is 4.14. The van der Waals surface area contributed by atoms with Gasteiger partial charge >= 0.3 is 0 Å². The van der Waals surface area contributed by atoms with E-state index < -0.39 is 28.4 Å². The van der Waals surface area contributed by atoms with Crippen molar-refractivity contribution in [2.75, 3.05) is 11.9 Å². The molecular formula is C18H18N2O4S. The van der Waals surface area contributed by atoms with Crippen LogP contribution in [-0.4, -0.2) is 31.1 Å². The van der Waals surface area contributed by atoms with Crippen LogP contribution in [0.25, 0.3) is 0 Å². The molecule has 25 heavy (non-hydrogen) atoms. The fraction of sp³-hybridized carbons (Fsp3) is 0.222. The number of fused-ring (bicyclic) bond motifs is 1. The monoisotopic (exact) mass is 358 g/mol. The fourth-order valence-corrected chi connectivity index (χ4v) is 4.60. The number of nitrogens with one attached hydrogen (secondary N) is 1. The second-order valence-corrected chi connectivity index (χ2v) is 7.97. The Balaban J connectivity index is 1.85. The van der Waals surface area contributed by atoms with E-state index in [4.69, 9.17) is 0 Å². The molecule has 3 rings (SSSR count). The Bertz CT molecular complexity index is 973. The Hall–Kier alpha value is -2.67. The summed E-state index contributed by atoms with van der Waals surface area (Å²) in [6, 6.07) is 9.81. The standard InChI is InChI=1S/C18H18N2O4S/c1-11-8-12(2)17(13(3)9-11)19-16(21)10-20-18(22)14-6-4-5-7-15(14)25(20,23)24/h4-9H,10H2,1-3H3,(H,19,21). The molecule has 1 heterocycles. The first-order chi connectivity index (χ1) is 11.7. The highest BCUT2D eigenvalue weighted by Gasteiger charge is 2.41. The molecule has 0 saturated heterocycles. The minimum Gasteiger partial charge on any atom is -0.324 e. The van der Waals surface area contributed by atoms with Crippen LogP contribution in [0.15, 0.2) is 41.3 Å². The lowest BCUT2D eigenvalue weighted by molar-refractivity contribution is -0.116. The molecular weight excluding hydrogens is 340 g/mol. The van der Waals surface area contributed by atoms with Crippen molar-refractivity contribution in [2.45, 2.75) is 25.7 Å². The molecule has 6 nitrogen and oxygen atoms in total. The number of hydrogen-bond acceptors (Lipinski definition) is 4. The summed E-state index contributed by atoms with van der Waals surface area (Å²) in [5.74, 6) is -1.23. The summed E-state index contributed by atoms with van der Waals surface area (Å²) in [5, 5.41) is 2.72. The van der Waals surface area contributed by atoms with Crippen molar-refractivity contribution >= 4 is 27.5 Å². The van der Waals surface area contributed by atoms with Crippen molar-refractivity contribution in [3.05, 3.63) is 58.7 Å². The Labute approximate surface area is 146 Å². The number of hydrogen-bond donors (Lipinski definition) is 1. The predicted octanol–water partition coefficient (Wildman–Crippen LogP) is 2.40. The van der Waals surface area contributed by atoms with Crippen LogP contribution in [0.4, 0.5) is 5.69 Å². The minimum absolute atomic E-state index is 0.0597. The van der Waals surface area contributed by atoms with Crippen molar-refractivity contribution in [3.8, 4) is 0 Å². The fourth-order valence-electron chi connectivity index (χ4n) is 3.07. The van der Waals surface area contributed by atoms with Gasteiger partial charge in [0.05, 0.1) is 5.56 Å². The average molecular weight is 358 g/mol. The van der Waals surface area contributed by atoms with E-state index in [0.717, 1.165) is 16.7 Å². The van der Waals surface area contributed by atoms with Gasteiger partial charge in [-0.25, -0.2) is 12.7 Å². The van der Waals surface area contributed by atoms with Crippen molar-refractivity contribution in [2.24, 2.45) is 0 Å². The molecule has 2 aromatic carbocycles. The van der Waals surface area contributed by atoms with E-state index in [9.17, 15) is 18.0 Å². The van der Waals surface area contributed by atoms with Gasteiger partial charge in [0, 0.05) is 5.69 Å². The highest BCUT2D eigenvalue weighted by atomic mass is 32.2. The molecule has 0 spiro atoms. The highest BCUT2D eigenvalue weighted by Crippen LogP contribution is 2.30. The van der Waals surface area contributed by atoms with Gasteiger partial charge in [0.2, 0.25) is 5.91 Å². The normalized spacial score (nSPS) is 15.2. The first kappa shape index (κ1) is 17.2. The van der Waals surface area contributed by atoms with Crippen LogP contribution in [0.2, 0.25) is 0 Å². The molecule has 0 atom stereocenters. The zero-order valence-electron chi connectivity index (χ0n) is 14.2. The molecule has 0 aliphatic carbocycles. The molecule has 1 aliphatic heterocycles. The van der Waals surface area contributed by atoms with Gasteiger partial charge in [-0.05, 0) is 44.0 Å². The van der Waals surface area contributed by atoms with Gasteiger partial charge < -0.3 is 5.32 Å². The molecule has 0 bridgehead atoms. The number of nitrogens with zero attached hydrogens (tertiary/aromatic N) is 1. The van der Waals surface area contributed by atoms with E-state index in [-0.39, 0.29) is 10.5 Å². The van der Waals surface area contributed by atoms with Crippen LogP contribution < -0.4 is 5.32 Å². The second kappa shape index (κ2) is 6.00. The Morgan fingerprint density at radius 2 is 1.68 bits per heavy atom. The lowest BCUT2D eigenvalue weighted by Gasteiger charge is -2.17. The number of carbonyl (C=O) groups excluding carboxylic acids is 2. The molecule has 0 unspecified atom stereocenters. The topological polar surface area (TPSA) is 83.6 Å². The number of sulfonamides is 1. The molecule has 2 aromatic rings. The van der Waals surface area contributed by atoms with Crippen LogP contribution in [0, 0.1) is 20.8 Å². The molecule has 0 saturated carbocycles. The molecule has 0 radical (unpaired) electrons. The number of rotatable bonds is 3. The minimum atomic E-state index is -3.99. The molecule has 0 aromatic heterocycles. The van der Waals surface area contributed by atoms with E-state index in [2.05, 4.69) is 5.32 Å². The molecule has 1 N–H and O–H groups in total. The maximum Gasteiger partial charge on any atom is 0.269 e. The summed E-state index contributed by atoms with van der Waals surface area (Å²) >= 11 is 0. The van der Waals surface area contributed by atoms with Crippen molar-refractivity contribution in [1.82, 2.24) is 4.31 Å². The lowest BCUT2D eigenvalue weighted by Crippen LogP contribution is -2.37. The van der Waals surface area contributed by atoms with Gasteiger partial charge in [-0.2, -0.15) is 0 Å². The van der Waals surface area contributed by atoms with Crippen LogP contribution >= 0.6 is 0 Å². The van der Waals surface area contributed by atoms with Crippen molar-refractivity contribution in [1.29, 1.82) is 0 Å². The zero-order valence-corrected chi connectivity index (χ0v) is 15.0. The molecule has 1 aliphatic rings. The third-order valence-corrected chi connectivity index (χ3v) is 5.93. The van der Waals surface area contributed by atoms with Gasteiger partial charge in [-0.3, -0.25) is 9.59 Å². The Morgan fingerprint density at radius 1 is 1.08 bits per heavy atom. The number of benzene rings is 2. The van der Waals surface area contributed by atoms with Gasteiger partial charge in [-0.1, -0.05) is 29.8 Å². The SMILES string of the molecule is Cc1cc(C)c(NC(=O)CN2C(=O)c3ccccc3S2(=O)=O)c(C)c1. The zero-order chi connectivity index (χ0) is 18.4. The van der Waals surface area contributed by atoms with E-state index in [1.165, 1.54) is 12.1 Å². The van der Waals surface area contributed by atoms with Gasteiger partial charge in [0.1, 0.15) is 11.4 Å². The first-order valence-corrected chi connectivity index (χ1v) is 9.19. The smallest absolute Gasteiger partial charge is 0.269 e. The molecule has 2 amide bonds. The molecule has 7 heteroatoms. The maximum atomic E-state index is 12.5. The predicted molar refractivity (Wildman–Crippen MR) is 93.9 cm³/mol. The summed E-state index contributed by atoms with van der Waals surface area (Å²) in [6.45, 7) is 5.13. The maximum absolute atomic E-state index is 12.5. The van der Waals surface area contributed by atoms with E-state index >= 15 is 0 Å². The van der Waals surface area contributed by atoms with E-state index in [1.54, 1.807) is 12.1 Å². The first-order valence-electron chi connectivity index (χ1n) is 7.75. The average Bonchev–Trinajstić information content (AvgIpc) is 2.72. The number of aryl methyl sites for hydroxylation is 3. The van der Waals surface area contributed by atoms with Crippen LogP contribution in [-0.2, 0) is 14.8 Å². The summed E-state index contributed by atoms with van der Waals surface area (Å²) < 4.78 is 25.6. The van der Waals surface area contributed by atoms with Crippen molar-refractivity contribution in [3.63, 3.8) is 0 Å². The van der Waals surface area contributed by atoms with Crippen LogP contribution in [0.1, 0.15) is 27.0 Å². The van der Waals surface area contributed by atoms with Crippen molar-refractivity contribution < 1.29 is 18.0 Å².